The van der Waals surface area contributed by atoms with Crippen LogP contribution in [0.15, 0.2) is 4.52 Å². The van der Waals surface area contributed by atoms with Crippen LogP contribution in [0.1, 0.15) is 32.7 Å². The molecule has 1 heterocycles. The fourth-order valence-corrected chi connectivity index (χ4v) is 0.944. The van der Waals surface area contributed by atoms with Crippen LogP contribution >= 0.6 is 0 Å². The molecule has 0 radical (unpaired) electrons. The van der Waals surface area contributed by atoms with Crippen LogP contribution in [0.4, 0.5) is 5.95 Å². The topological polar surface area (TPSA) is 68.2 Å². The predicted molar refractivity (Wildman–Crippen MR) is 55.0 cm³/mol. The minimum atomic E-state index is -0.179. The fraction of sp³-hybridized carbons (Fsp3) is 0.778. The second kappa shape index (κ2) is 4.41. The summed E-state index contributed by atoms with van der Waals surface area (Å²) in [7, 11) is 1.91. The summed E-state index contributed by atoms with van der Waals surface area (Å²) >= 11 is 0. The van der Waals surface area contributed by atoms with Gasteiger partial charge < -0.3 is 15.2 Å². The van der Waals surface area contributed by atoms with Crippen molar-refractivity contribution in [3.8, 4) is 0 Å². The van der Waals surface area contributed by atoms with Crippen molar-refractivity contribution in [2.75, 3.05) is 18.5 Å². The van der Waals surface area contributed by atoms with Gasteiger partial charge in [-0.1, -0.05) is 13.8 Å². The maximum Gasteiger partial charge on any atom is 0.265 e. The zero-order chi connectivity index (χ0) is 10.7. The first-order chi connectivity index (χ1) is 6.56. The lowest BCUT2D eigenvalue weighted by molar-refractivity contribution is 0.324. The summed E-state index contributed by atoms with van der Waals surface area (Å²) in [5.41, 5.74) is 5.88. The largest absolute Gasteiger partial charge is 0.342 e. The zero-order valence-corrected chi connectivity index (χ0v) is 9.19. The van der Waals surface area contributed by atoms with Gasteiger partial charge in [0.1, 0.15) is 0 Å². The second-order valence-electron chi connectivity index (χ2n) is 3.72. The maximum absolute atomic E-state index is 5.88. The van der Waals surface area contributed by atoms with Crippen LogP contribution in [0.2, 0.25) is 0 Å². The molecule has 80 valence electrons. The van der Waals surface area contributed by atoms with E-state index in [1.807, 2.05) is 32.7 Å². The van der Waals surface area contributed by atoms with Crippen molar-refractivity contribution < 1.29 is 4.52 Å². The van der Waals surface area contributed by atoms with Crippen LogP contribution < -0.4 is 10.6 Å². The smallest absolute Gasteiger partial charge is 0.265 e. The van der Waals surface area contributed by atoms with Crippen molar-refractivity contribution in [1.82, 2.24) is 10.1 Å². The Balaban J connectivity index is 2.77. The van der Waals surface area contributed by atoms with Crippen LogP contribution in [-0.2, 0) is 0 Å². The number of hydrogen-bond donors (Lipinski definition) is 1. The standard InChI is InChI=1S/C9H18N4O/c1-5-13(4)9-11-8(14-12-9)7(10)6(2)3/h6-7H,5,10H2,1-4H3/t7-/m0/s1. The third-order valence-corrected chi connectivity index (χ3v) is 2.25. The molecule has 1 aromatic heterocycles. The van der Waals surface area contributed by atoms with Gasteiger partial charge in [-0.05, 0) is 18.0 Å². The molecule has 0 saturated heterocycles. The Kier molecular flexibility index (Phi) is 3.46. The van der Waals surface area contributed by atoms with Gasteiger partial charge in [-0.2, -0.15) is 4.98 Å². The van der Waals surface area contributed by atoms with Gasteiger partial charge in [0.05, 0.1) is 6.04 Å². The van der Waals surface area contributed by atoms with Crippen molar-refractivity contribution in [3.63, 3.8) is 0 Å². The molecule has 0 aliphatic heterocycles. The number of anilines is 1. The molecule has 0 unspecified atom stereocenters. The summed E-state index contributed by atoms with van der Waals surface area (Å²) in [5.74, 6) is 1.41. The molecular formula is C9H18N4O. The Morgan fingerprint density at radius 3 is 2.64 bits per heavy atom. The highest BCUT2D eigenvalue weighted by atomic mass is 16.5. The Labute approximate surface area is 84.3 Å². The van der Waals surface area contributed by atoms with Crippen LogP contribution in [-0.4, -0.2) is 23.7 Å². The number of nitrogens with two attached hydrogens (primary N) is 1. The molecule has 0 bridgehead atoms. The van der Waals surface area contributed by atoms with Gasteiger partial charge in [0.2, 0.25) is 5.89 Å². The number of hydrogen-bond acceptors (Lipinski definition) is 5. The van der Waals surface area contributed by atoms with Gasteiger partial charge in [0.25, 0.3) is 5.95 Å². The van der Waals surface area contributed by atoms with Crippen LogP contribution in [0.25, 0.3) is 0 Å². The van der Waals surface area contributed by atoms with Crippen molar-refractivity contribution >= 4 is 5.95 Å². The lowest BCUT2D eigenvalue weighted by Gasteiger charge is -2.10. The average Bonchev–Trinajstić information content (AvgIpc) is 2.64. The second-order valence-corrected chi connectivity index (χ2v) is 3.72. The molecule has 5 nitrogen and oxygen atoms in total. The highest BCUT2D eigenvalue weighted by Gasteiger charge is 2.18. The molecule has 0 aliphatic carbocycles. The lowest BCUT2D eigenvalue weighted by atomic mass is 10.1. The molecule has 0 aliphatic rings. The van der Waals surface area contributed by atoms with Crippen LogP contribution in [0, 0.1) is 5.92 Å². The molecule has 0 fully saturated rings. The van der Waals surface area contributed by atoms with Crippen molar-refractivity contribution in [3.05, 3.63) is 5.89 Å². The molecular weight excluding hydrogens is 180 g/mol. The zero-order valence-electron chi connectivity index (χ0n) is 9.19. The molecule has 1 aromatic rings. The molecule has 5 heteroatoms. The molecule has 1 rings (SSSR count). The van der Waals surface area contributed by atoms with Gasteiger partial charge >= 0.3 is 0 Å². The minimum Gasteiger partial charge on any atom is -0.342 e. The molecule has 0 aromatic carbocycles. The monoisotopic (exact) mass is 198 g/mol. The van der Waals surface area contributed by atoms with Gasteiger partial charge in [0, 0.05) is 13.6 Å². The third kappa shape index (κ3) is 2.23. The van der Waals surface area contributed by atoms with Crippen LogP contribution in [0.3, 0.4) is 0 Å². The Hall–Kier alpha value is -1.10. The summed E-state index contributed by atoms with van der Waals surface area (Å²) in [6.45, 7) is 6.92. The van der Waals surface area contributed by atoms with Crippen LogP contribution in [0.5, 0.6) is 0 Å². The molecule has 14 heavy (non-hydrogen) atoms. The lowest BCUT2D eigenvalue weighted by Crippen LogP contribution is -2.19. The first-order valence-electron chi connectivity index (χ1n) is 4.86. The molecule has 0 saturated carbocycles. The first kappa shape index (κ1) is 11.0. The Morgan fingerprint density at radius 1 is 1.50 bits per heavy atom. The molecule has 0 amide bonds. The van der Waals surface area contributed by atoms with Crippen molar-refractivity contribution in [2.24, 2.45) is 11.7 Å². The van der Waals surface area contributed by atoms with E-state index in [4.69, 9.17) is 10.3 Å². The maximum atomic E-state index is 5.88. The van der Waals surface area contributed by atoms with Gasteiger partial charge in [-0.15, -0.1) is 0 Å². The van der Waals surface area contributed by atoms with E-state index in [1.54, 1.807) is 0 Å². The fourth-order valence-electron chi connectivity index (χ4n) is 0.944. The third-order valence-electron chi connectivity index (χ3n) is 2.25. The van der Waals surface area contributed by atoms with Gasteiger partial charge in [-0.3, -0.25) is 0 Å². The van der Waals surface area contributed by atoms with E-state index >= 15 is 0 Å². The number of rotatable bonds is 4. The summed E-state index contributed by atoms with van der Waals surface area (Å²) in [5, 5.41) is 3.85. The van der Waals surface area contributed by atoms with E-state index in [-0.39, 0.29) is 6.04 Å². The van der Waals surface area contributed by atoms with E-state index in [0.717, 1.165) is 6.54 Å². The summed E-state index contributed by atoms with van der Waals surface area (Å²) in [6, 6.07) is -0.179. The quantitative estimate of drug-likeness (QED) is 0.786. The van der Waals surface area contributed by atoms with Gasteiger partial charge in [-0.25, -0.2) is 0 Å². The van der Waals surface area contributed by atoms with E-state index in [9.17, 15) is 0 Å². The predicted octanol–water partition coefficient (Wildman–Crippen LogP) is 1.18. The SMILES string of the molecule is CCN(C)c1noc([C@@H](N)C(C)C)n1. The van der Waals surface area contributed by atoms with E-state index in [2.05, 4.69) is 10.1 Å². The molecule has 2 N–H and O–H groups in total. The summed E-state index contributed by atoms with van der Waals surface area (Å²) in [4.78, 5) is 6.13. The highest BCUT2D eigenvalue weighted by Crippen LogP contribution is 2.18. The van der Waals surface area contributed by atoms with Gasteiger partial charge in [0.15, 0.2) is 0 Å². The highest BCUT2D eigenvalue weighted by molar-refractivity contribution is 5.25. The minimum absolute atomic E-state index is 0.179. The average molecular weight is 198 g/mol. The first-order valence-corrected chi connectivity index (χ1v) is 4.86. The van der Waals surface area contributed by atoms with E-state index in [0.29, 0.717) is 17.8 Å². The summed E-state index contributed by atoms with van der Waals surface area (Å²) < 4.78 is 5.08. The molecule has 1 atom stereocenters. The van der Waals surface area contributed by atoms with E-state index in [1.165, 1.54) is 0 Å². The number of nitrogens with zero attached hydrogens (tertiary/aromatic N) is 3. The van der Waals surface area contributed by atoms with E-state index < -0.39 is 0 Å². The Bertz CT molecular complexity index is 284. The Morgan fingerprint density at radius 2 is 2.14 bits per heavy atom. The van der Waals surface area contributed by atoms with Crippen molar-refractivity contribution in [1.29, 1.82) is 0 Å². The number of aromatic nitrogens is 2. The normalized spacial score (nSPS) is 13.3. The molecule has 0 spiro atoms. The van der Waals surface area contributed by atoms with Crippen molar-refractivity contribution in [2.45, 2.75) is 26.8 Å². The summed E-state index contributed by atoms with van der Waals surface area (Å²) in [6.07, 6.45) is 0.